The minimum absolute atomic E-state index is 0.116. The van der Waals surface area contributed by atoms with Crippen molar-refractivity contribution in [2.45, 2.75) is 27.7 Å². The number of anilines is 1. The monoisotopic (exact) mass is 371 g/mol. The summed E-state index contributed by atoms with van der Waals surface area (Å²) in [5.41, 5.74) is 0.656. The fourth-order valence-electron chi connectivity index (χ4n) is 2.06. The Morgan fingerprint density at radius 3 is 1.72 bits per heavy atom. The minimum Gasteiger partial charge on any atom is -0.462 e. The Labute approximate surface area is 148 Å². The quantitative estimate of drug-likeness (QED) is 0.384. The summed E-state index contributed by atoms with van der Waals surface area (Å²) >= 11 is 0. The Morgan fingerprint density at radius 2 is 1.32 bits per heavy atom. The second kappa shape index (κ2) is 10.9. The number of para-hydroxylation sites is 1. The SMILES string of the molecule is CCOC(=O)C(C(=O)OCC)=P(Nc1ccccc1)(OCC)OCC. The van der Waals surface area contributed by atoms with Gasteiger partial charge in [0.05, 0.1) is 26.4 Å². The number of benzene rings is 1. The van der Waals surface area contributed by atoms with Gasteiger partial charge in [-0.15, -0.1) is 0 Å². The predicted octanol–water partition coefficient (Wildman–Crippen LogP) is 3.23. The summed E-state index contributed by atoms with van der Waals surface area (Å²) in [6.07, 6.45) is 0. The largest absolute Gasteiger partial charge is 0.462 e. The van der Waals surface area contributed by atoms with Crippen molar-refractivity contribution < 1.29 is 28.1 Å². The molecule has 0 atom stereocenters. The first kappa shape index (κ1) is 21.2. The molecule has 0 aliphatic carbocycles. The molecule has 0 heterocycles. The summed E-state index contributed by atoms with van der Waals surface area (Å²) < 4.78 is 21.7. The van der Waals surface area contributed by atoms with Crippen molar-refractivity contribution in [1.82, 2.24) is 0 Å². The number of ether oxygens (including phenoxy) is 2. The van der Waals surface area contributed by atoms with Gasteiger partial charge < -0.3 is 23.6 Å². The highest BCUT2D eigenvalue weighted by molar-refractivity contribution is 7.72. The summed E-state index contributed by atoms with van der Waals surface area (Å²) in [6, 6.07) is 9.09. The summed E-state index contributed by atoms with van der Waals surface area (Å²) in [5.74, 6) is -1.61. The zero-order valence-electron chi connectivity index (χ0n) is 15.1. The van der Waals surface area contributed by atoms with E-state index in [1.807, 2.05) is 18.2 Å². The molecule has 8 heteroatoms. The van der Waals surface area contributed by atoms with E-state index in [1.54, 1.807) is 39.8 Å². The number of hydrogen-bond acceptors (Lipinski definition) is 7. The third kappa shape index (κ3) is 5.88. The fourth-order valence-corrected chi connectivity index (χ4v) is 4.46. The number of carbonyl (C=O) groups is 2. The molecule has 0 aliphatic rings. The molecule has 0 bridgehead atoms. The topological polar surface area (TPSA) is 83.1 Å². The Morgan fingerprint density at radius 1 is 0.840 bits per heavy atom. The lowest BCUT2D eigenvalue weighted by Crippen LogP contribution is -2.32. The van der Waals surface area contributed by atoms with Gasteiger partial charge in [0.2, 0.25) is 12.8 Å². The van der Waals surface area contributed by atoms with Crippen molar-refractivity contribution >= 4 is 30.4 Å². The number of carbonyl (C=O) groups excluding carboxylic acids is 2. The van der Waals surface area contributed by atoms with Gasteiger partial charge in [-0.05, 0) is 39.8 Å². The molecule has 1 rings (SSSR count). The van der Waals surface area contributed by atoms with Crippen LogP contribution in [0.25, 0.3) is 0 Å². The van der Waals surface area contributed by atoms with E-state index < -0.39 is 19.4 Å². The predicted molar refractivity (Wildman–Crippen MR) is 98.5 cm³/mol. The van der Waals surface area contributed by atoms with E-state index in [0.717, 1.165) is 0 Å². The van der Waals surface area contributed by atoms with Gasteiger partial charge in [-0.25, -0.2) is 9.59 Å². The van der Waals surface area contributed by atoms with Gasteiger partial charge in [-0.2, -0.15) is 0 Å². The van der Waals surface area contributed by atoms with Gasteiger partial charge in [0.15, 0.2) is 0 Å². The molecule has 0 saturated heterocycles. The summed E-state index contributed by atoms with van der Waals surface area (Å²) in [6.45, 7) is 7.53. The van der Waals surface area contributed by atoms with Gasteiger partial charge in [0.1, 0.15) is 0 Å². The lowest BCUT2D eigenvalue weighted by Gasteiger charge is -2.29. The Hall–Kier alpha value is -1.82. The second-order valence-electron chi connectivity index (χ2n) is 4.65. The van der Waals surface area contributed by atoms with Gasteiger partial charge in [0, 0.05) is 5.69 Å². The van der Waals surface area contributed by atoms with E-state index >= 15 is 0 Å². The van der Waals surface area contributed by atoms with Gasteiger partial charge in [-0.1, -0.05) is 18.2 Å². The van der Waals surface area contributed by atoms with Crippen LogP contribution >= 0.6 is 7.49 Å². The lowest BCUT2D eigenvalue weighted by atomic mass is 10.3. The van der Waals surface area contributed by atoms with E-state index in [-0.39, 0.29) is 31.7 Å². The molecule has 1 aromatic rings. The molecule has 0 aromatic heterocycles. The van der Waals surface area contributed by atoms with Crippen LogP contribution in [0, 0.1) is 0 Å². The Balaban J connectivity index is 3.58. The molecule has 0 unspecified atom stereocenters. The first-order valence-electron chi connectivity index (χ1n) is 8.27. The molecule has 0 fully saturated rings. The van der Waals surface area contributed by atoms with Crippen LogP contribution in [0.1, 0.15) is 27.7 Å². The van der Waals surface area contributed by atoms with Gasteiger partial charge in [0.25, 0.3) is 0 Å². The highest BCUT2D eigenvalue weighted by Crippen LogP contribution is 2.51. The summed E-state index contributed by atoms with van der Waals surface area (Å²) in [4.78, 5) is 25.0. The van der Waals surface area contributed by atoms with Crippen molar-refractivity contribution in [2.75, 3.05) is 31.5 Å². The second-order valence-corrected chi connectivity index (χ2v) is 6.94. The van der Waals surface area contributed by atoms with E-state index in [1.165, 1.54) is 0 Å². The molecular weight excluding hydrogens is 345 g/mol. The van der Waals surface area contributed by atoms with Crippen molar-refractivity contribution in [1.29, 1.82) is 0 Å². The van der Waals surface area contributed by atoms with Crippen molar-refractivity contribution in [3.8, 4) is 0 Å². The highest BCUT2D eigenvalue weighted by Gasteiger charge is 2.37. The zero-order chi connectivity index (χ0) is 18.7. The maximum absolute atomic E-state index is 12.5. The molecule has 1 N–H and O–H groups in total. The lowest BCUT2D eigenvalue weighted by molar-refractivity contribution is -0.140. The van der Waals surface area contributed by atoms with E-state index in [4.69, 9.17) is 18.5 Å². The molecule has 0 saturated carbocycles. The van der Waals surface area contributed by atoms with E-state index in [9.17, 15) is 9.59 Å². The molecule has 0 radical (unpaired) electrons. The number of hydrogen-bond donors (Lipinski definition) is 1. The van der Waals surface area contributed by atoms with Crippen LogP contribution in [0.15, 0.2) is 30.3 Å². The maximum Gasteiger partial charge on any atom is 0.352 e. The van der Waals surface area contributed by atoms with Crippen LogP contribution < -0.4 is 5.09 Å². The standard InChI is InChI=1S/C17H26NO6P/c1-5-21-16(19)15(17(20)22-6-2)25(23-7-3,24-8-4)18-14-12-10-9-11-13-14/h9-13,18H,5-8H2,1-4H3. The number of rotatable bonds is 10. The first-order chi connectivity index (χ1) is 12.0. The molecule has 7 nitrogen and oxygen atoms in total. The molecule has 0 amide bonds. The fraction of sp³-hybridized carbons (Fsp3) is 0.471. The van der Waals surface area contributed by atoms with Crippen molar-refractivity contribution in [3.05, 3.63) is 30.3 Å². The normalized spacial score (nSPS) is 10.9. The molecule has 25 heavy (non-hydrogen) atoms. The highest BCUT2D eigenvalue weighted by atomic mass is 31.2. The first-order valence-corrected chi connectivity index (χ1v) is 9.90. The summed E-state index contributed by atoms with van der Waals surface area (Å²) in [7, 11) is -3.28. The molecule has 0 spiro atoms. The average molecular weight is 371 g/mol. The van der Waals surface area contributed by atoms with Crippen LogP contribution in [0.3, 0.4) is 0 Å². The number of esters is 2. The molecule has 0 aliphatic heterocycles. The average Bonchev–Trinajstić information content (AvgIpc) is 2.57. The molecule has 140 valence electrons. The van der Waals surface area contributed by atoms with E-state index in [0.29, 0.717) is 5.69 Å². The smallest absolute Gasteiger partial charge is 0.352 e. The van der Waals surface area contributed by atoms with Crippen LogP contribution in [0.2, 0.25) is 0 Å². The van der Waals surface area contributed by atoms with Crippen LogP contribution in [0.5, 0.6) is 0 Å². The Bertz CT molecular complexity index is 587. The minimum atomic E-state index is -3.28. The van der Waals surface area contributed by atoms with Crippen LogP contribution in [0.4, 0.5) is 5.69 Å². The van der Waals surface area contributed by atoms with Gasteiger partial charge in [-0.3, -0.25) is 0 Å². The van der Waals surface area contributed by atoms with Crippen molar-refractivity contribution in [3.63, 3.8) is 0 Å². The summed E-state index contributed by atoms with van der Waals surface area (Å²) in [5, 5.41) is 2.83. The molecular formula is C17H26NO6P. The zero-order valence-corrected chi connectivity index (χ0v) is 16.0. The third-order valence-electron chi connectivity index (χ3n) is 2.90. The van der Waals surface area contributed by atoms with Gasteiger partial charge >= 0.3 is 11.9 Å². The molecule has 1 aromatic carbocycles. The number of nitrogens with one attached hydrogen (secondary N) is 1. The van der Waals surface area contributed by atoms with Crippen LogP contribution in [-0.2, 0) is 28.1 Å². The van der Waals surface area contributed by atoms with E-state index in [2.05, 4.69) is 5.09 Å². The van der Waals surface area contributed by atoms with Crippen LogP contribution in [-0.4, -0.2) is 43.7 Å². The Kier molecular flexibility index (Phi) is 9.27. The third-order valence-corrected chi connectivity index (χ3v) is 5.65. The maximum atomic E-state index is 12.5. The van der Waals surface area contributed by atoms with Crippen molar-refractivity contribution in [2.24, 2.45) is 0 Å².